The molecule has 1 aromatic carbocycles. The minimum Gasteiger partial charge on any atom is -0.489 e. The van der Waals surface area contributed by atoms with Crippen LogP contribution in [-0.4, -0.2) is 52.6 Å². The van der Waals surface area contributed by atoms with E-state index in [1.165, 1.54) is 12.1 Å². The summed E-state index contributed by atoms with van der Waals surface area (Å²) in [5.74, 6) is -0.127. The van der Waals surface area contributed by atoms with E-state index in [0.717, 1.165) is 25.0 Å². The Kier molecular flexibility index (Phi) is 6.26. The van der Waals surface area contributed by atoms with Gasteiger partial charge < -0.3 is 26.0 Å². The Morgan fingerprint density at radius 2 is 1.92 bits per heavy atom. The Balaban J connectivity index is 1.35. The third-order valence-electron chi connectivity index (χ3n) is 6.98. The lowest BCUT2D eigenvalue weighted by Crippen LogP contribution is -2.47. The normalized spacial score (nSPS) is 24.9. The molecule has 2 amide bonds. The van der Waals surface area contributed by atoms with Crippen LogP contribution in [0.25, 0.3) is 0 Å². The molecule has 3 aliphatic rings. The lowest BCUT2D eigenvalue weighted by atomic mass is 9.99. The summed E-state index contributed by atoms with van der Waals surface area (Å²) < 4.78 is 45.1. The van der Waals surface area contributed by atoms with E-state index in [-0.39, 0.29) is 41.1 Å². The number of hydrogen-bond donors (Lipinski definition) is 3. The summed E-state index contributed by atoms with van der Waals surface area (Å²) in [6.45, 7) is 0.543. The molecule has 37 heavy (non-hydrogen) atoms. The summed E-state index contributed by atoms with van der Waals surface area (Å²) in [6.07, 6.45) is -1.63. The number of nitrogens with two attached hydrogens (primary N) is 1. The smallest absolute Gasteiger partial charge is 0.416 e. The first-order valence-corrected chi connectivity index (χ1v) is 11.9. The second-order valence-electron chi connectivity index (χ2n) is 9.40. The zero-order valence-electron chi connectivity index (χ0n) is 19.6. The van der Waals surface area contributed by atoms with Gasteiger partial charge in [-0.05, 0) is 37.5 Å². The number of carbonyl (C=O) groups is 2. The predicted molar refractivity (Wildman–Crippen MR) is 125 cm³/mol. The highest BCUT2D eigenvalue weighted by atomic mass is 19.4. The molecule has 0 saturated carbocycles. The van der Waals surface area contributed by atoms with Gasteiger partial charge in [-0.3, -0.25) is 9.59 Å². The van der Waals surface area contributed by atoms with Gasteiger partial charge in [0.05, 0.1) is 11.1 Å². The number of hydrogen-bond acceptors (Lipinski definition) is 8. The fourth-order valence-electron chi connectivity index (χ4n) is 5.29. The van der Waals surface area contributed by atoms with Crippen molar-refractivity contribution >= 4 is 23.6 Å². The number of aromatic nitrogens is 2. The van der Waals surface area contributed by atoms with Crippen LogP contribution in [0.3, 0.4) is 0 Å². The van der Waals surface area contributed by atoms with Gasteiger partial charge in [0.2, 0.25) is 11.9 Å². The number of carbonyl (C=O) groups excluding carboxylic acids is 2. The van der Waals surface area contributed by atoms with Gasteiger partial charge in [-0.2, -0.15) is 23.4 Å². The first-order valence-electron chi connectivity index (χ1n) is 11.9. The second-order valence-corrected chi connectivity index (χ2v) is 9.40. The fraction of sp³-hybridized carbons (Fsp3) is 0.458. The van der Waals surface area contributed by atoms with Crippen LogP contribution in [-0.2, 0) is 11.0 Å². The van der Waals surface area contributed by atoms with Gasteiger partial charge in [0.25, 0.3) is 5.91 Å². The number of primary amides is 1. The van der Waals surface area contributed by atoms with E-state index in [4.69, 9.17) is 10.5 Å². The Labute approximate surface area is 210 Å². The van der Waals surface area contributed by atoms with Crippen LogP contribution < -0.4 is 26.0 Å². The zero-order chi connectivity index (χ0) is 26.3. The molecule has 1 aromatic heterocycles. The van der Waals surface area contributed by atoms with Crippen molar-refractivity contribution in [2.45, 2.75) is 62.5 Å². The largest absolute Gasteiger partial charge is 0.489 e. The molecule has 0 spiro atoms. The predicted octanol–water partition coefficient (Wildman–Crippen LogP) is 2.35. The van der Waals surface area contributed by atoms with Crippen LogP contribution in [0, 0.1) is 11.3 Å². The highest BCUT2D eigenvalue weighted by molar-refractivity contribution is 5.92. The number of alkyl halides is 3. The number of nitrogens with one attached hydrogen (secondary N) is 2. The van der Waals surface area contributed by atoms with Gasteiger partial charge in [-0.15, -0.1) is 0 Å². The third kappa shape index (κ3) is 4.96. The Hall–Kier alpha value is -4.08. The molecular weight excluding hydrogens is 491 g/mol. The molecule has 4 heterocycles. The van der Waals surface area contributed by atoms with Crippen LogP contribution in [0.15, 0.2) is 24.3 Å². The highest BCUT2D eigenvalue weighted by Crippen LogP contribution is 2.40. The molecule has 2 bridgehead atoms. The molecule has 10 nitrogen and oxygen atoms in total. The van der Waals surface area contributed by atoms with E-state index in [9.17, 15) is 28.0 Å². The van der Waals surface area contributed by atoms with Crippen molar-refractivity contribution in [2.75, 3.05) is 16.8 Å². The number of nitrogens with zero attached hydrogens (tertiary/aromatic N) is 4. The number of benzene rings is 1. The SMILES string of the molecule is N#Cc1cc(C(F)(F)F)ccc1OC1C[C@H]2CC[C@@H](C1)N2c1nc(NC2CCNC2=O)cc(C(N)=O)n1. The lowest BCUT2D eigenvalue weighted by Gasteiger charge is -2.39. The van der Waals surface area contributed by atoms with E-state index in [0.29, 0.717) is 37.6 Å². The molecule has 5 rings (SSSR count). The van der Waals surface area contributed by atoms with Crippen molar-refractivity contribution in [3.8, 4) is 11.8 Å². The first kappa shape index (κ1) is 24.6. The number of rotatable bonds is 6. The maximum absolute atomic E-state index is 13.0. The topological polar surface area (TPSA) is 146 Å². The number of fused-ring (bicyclic) bond motifs is 2. The summed E-state index contributed by atoms with van der Waals surface area (Å²) in [5.41, 5.74) is 4.45. The summed E-state index contributed by atoms with van der Waals surface area (Å²) in [5, 5.41) is 15.2. The van der Waals surface area contributed by atoms with Gasteiger partial charge in [-0.1, -0.05) is 0 Å². The van der Waals surface area contributed by atoms with Crippen LogP contribution in [0.1, 0.15) is 53.7 Å². The van der Waals surface area contributed by atoms with Crippen molar-refractivity contribution in [1.82, 2.24) is 15.3 Å². The number of halogens is 3. The monoisotopic (exact) mass is 515 g/mol. The van der Waals surface area contributed by atoms with Crippen molar-refractivity contribution < 1.29 is 27.5 Å². The van der Waals surface area contributed by atoms with Gasteiger partial charge in [0.1, 0.15) is 35.5 Å². The molecule has 3 fully saturated rings. The van der Waals surface area contributed by atoms with E-state index >= 15 is 0 Å². The van der Waals surface area contributed by atoms with Gasteiger partial charge >= 0.3 is 6.18 Å². The number of amides is 2. The summed E-state index contributed by atoms with van der Waals surface area (Å²) in [4.78, 5) is 34.9. The van der Waals surface area contributed by atoms with E-state index in [1.54, 1.807) is 6.07 Å². The summed E-state index contributed by atoms with van der Waals surface area (Å²) >= 11 is 0. The number of nitriles is 1. The van der Waals surface area contributed by atoms with Crippen LogP contribution >= 0.6 is 0 Å². The quantitative estimate of drug-likeness (QED) is 0.531. The zero-order valence-corrected chi connectivity index (χ0v) is 19.6. The van der Waals surface area contributed by atoms with E-state index in [1.807, 2.05) is 4.90 Å². The van der Waals surface area contributed by atoms with Crippen molar-refractivity contribution in [2.24, 2.45) is 5.73 Å². The molecule has 2 aromatic rings. The molecule has 0 radical (unpaired) electrons. The standard InChI is InChI=1S/C24H24F3N7O3/c25-24(26,27)13-1-4-19(12(7-13)11-28)37-16-8-14-2-3-15(9-16)34(14)23-32-18(21(29)35)10-20(33-23)31-17-5-6-30-22(17)36/h1,4,7,10,14-17H,2-3,5-6,8-9H2,(H2,29,35)(H,30,36)(H,31,32,33)/t14-,15+,16?,17?. The Morgan fingerprint density at radius 1 is 1.19 bits per heavy atom. The van der Waals surface area contributed by atoms with Crippen molar-refractivity contribution in [3.05, 3.63) is 41.1 Å². The average molecular weight is 515 g/mol. The Bertz CT molecular complexity index is 1270. The second kappa shape index (κ2) is 9.42. The third-order valence-corrected chi connectivity index (χ3v) is 6.98. The van der Waals surface area contributed by atoms with E-state index in [2.05, 4.69) is 20.6 Å². The number of piperidine rings is 1. The van der Waals surface area contributed by atoms with Crippen LogP contribution in [0.5, 0.6) is 5.75 Å². The van der Waals surface area contributed by atoms with Gasteiger partial charge in [0, 0.05) is 37.5 Å². The molecule has 2 unspecified atom stereocenters. The average Bonchev–Trinajstić information content (AvgIpc) is 3.37. The maximum Gasteiger partial charge on any atom is 0.416 e. The molecular formula is C24H24F3N7O3. The number of anilines is 2. The molecule has 4 N–H and O–H groups in total. The maximum atomic E-state index is 13.0. The molecule has 3 saturated heterocycles. The van der Waals surface area contributed by atoms with Crippen molar-refractivity contribution in [3.63, 3.8) is 0 Å². The molecule has 0 aliphatic carbocycles. The van der Waals surface area contributed by atoms with Crippen molar-refractivity contribution in [1.29, 1.82) is 5.26 Å². The van der Waals surface area contributed by atoms with Gasteiger partial charge in [0.15, 0.2) is 0 Å². The first-order chi connectivity index (χ1) is 17.6. The minimum absolute atomic E-state index is 0.0205. The highest BCUT2D eigenvalue weighted by Gasteiger charge is 2.43. The van der Waals surface area contributed by atoms with E-state index < -0.39 is 23.7 Å². The van der Waals surface area contributed by atoms with Crippen LogP contribution in [0.4, 0.5) is 24.9 Å². The van der Waals surface area contributed by atoms with Crippen LogP contribution in [0.2, 0.25) is 0 Å². The van der Waals surface area contributed by atoms with Gasteiger partial charge in [-0.25, -0.2) is 4.98 Å². The number of ether oxygens (including phenoxy) is 1. The summed E-state index contributed by atoms with van der Waals surface area (Å²) in [7, 11) is 0. The molecule has 3 aliphatic heterocycles. The lowest BCUT2D eigenvalue weighted by molar-refractivity contribution is -0.137. The Morgan fingerprint density at radius 3 is 2.51 bits per heavy atom. The molecule has 194 valence electrons. The molecule has 4 atom stereocenters. The minimum atomic E-state index is -4.55. The molecule has 13 heteroatoms. The summed E-state index contributed by atoms with van der Waals surface area (Å²) in [6, 6.07) is 5.53. The fourth-order valence-corrected chi connectivity index (χ4v) is 5.29.